The number of nitrogens with one attached hydrogen (secondary N) is 1. The zero-order valence-corrected chi connectivity index (χ0v) is 10.2. The van der Waals surface area contributed by atoms with E-state index < -0.39 is 0 Å². The third-order valence-corrected chi connectivity index (χ3v) is 2.71. The molecule has 0 bridgehead atoms. The van der Waals surface area contributed by atoms with E-state index in [-0.39, 0.29) is 5.84 Å². The van der Waals surface area contributed by atoms with Gasteiger partial charge in [-0.3, -0.25) is 5.41 Å². The first-order valence-corrected chi connectivity index (χ1v) is 5.88. The molecule has 0 spiro atoms. The SMILES string of the molecule is CCCCN(CC)c1ccc(C(=N)N)cc1. The molecule has 88 valence electrons. The van der Waals surface area contributed by atoms with Gasteiger partial charge in [0.05, 0.1) is 0 Å². The monoisotopic (exact) mass is 219 g/mol. The summed E-state index contributed by atoms with van der Waals surface area (Å²) in [6.07, 6.45) is 2.42. The van der Waals surface area contributed by atoms with Crippen molar-refractivity contribution in [3.63, 3.8) is 0 Å². The summed E-state index contributed by atoms with van der Waals surface area (Å²) >= 11 is 0. The quantitative estimate of drug-likeness (QED) is 0.571. The predicted octanol–water partition coefficient (Wildman–Crippen LogP) is 2.60. The first-order chi connectivity index (χ1) is 7.69. The van der Waals surface area contributed by atoms with Crippen LogP contribution in [0.25, 0.3) is 0 Å². The minimum atomic E-state index is 0.128. The molecule has 0 fully saturated rings. The third-order valence-electron chi connectivity index (χ3n) is 2.71. The zero-order chi connectivity index (χ0) is 12.0. The van der Waals surface area contributed by atoms with Crippen LogP contribution in [-0.4, -0.2) is 18.9 Å². The maximum atomic E-state index is 7.33. The van der Waals surface area contributed by atoms with Crippen LogP contribution in [0.1, 0.15) is 32.3 Å². The van der Waals surface area contributed by atoms with Crippen LogP contribution in [0.4, 0.5) is 5.69 Å². The lowest BCUT2D eigenvalue weighted by atomic mass is 10.1. The van der Waals surface area contributed by atoms with Gasteiger partial charge in [0.15, 0.2) is 0 Å². The number of hydrogen-bond acceptors (Lipinski definition) is 2. The van der Waals surface area contributed by atoms with Gasteiger partial charge in [-0.05, 0) is 37.6 Å². The van der Waals surface area contributed by atoms with E-state index in [2.05, 4.69) is 18.7 Å². The molecule has 1 aromatic rings. The van der Waals surface area contributed by atoms with Crippen LogP contribution >= 0.6 is 0 Å². The van der Waals surface area contributed by atoms with Gasteiger partial charge < -0.3 is 10.6 Å². The highest BCUT2D eigenvalue weighted by Gasteiger charge is 2.03. The van der Waals surface area contributed by atoms with Gasteiger partial charge in [-0.15, -0.1) is 0 Å². The average Bonchev–Trinajstić information content (AvgIpc) is 2.30. The topological polar surface area (TPSA) is 53.1 Å². The Hall–Kier alpha value is -1.51. The normalized spacial score (nSPS) is 10.1. The highest BCUT2D eigenvalue weighted by atomic mass is 15.1. The minimum absolute atomic E-state index is 0.128. The molecule has 3 N–H and O–H groups in total. The Morgan fingerprint density at radius 2 is 1.88 bits per heavy atom. The first-order valence-electron chi connectivity index (χ1n) is 5.88. The Morgan fingerprint density at radius 1 is 1.25 bits per heavy atom. The van der Waals surface area contributed by atoms with Crippen molar-refractivity contribution in [2.75, 3.05) is 18.0 Å². The molecule has 0 unspecified atom stereocenters. The Bertz CT molecular complexity index is 330. The summed E-state index contributed by atoms with van der Waals surface area (Å²) in [5, 5.41) is 7.33. The number of nitrogens with two attached hydrogens (primary N) is 1. The third kappa shape index (κ3) is 3.26. The standard InChI is InChI=1S/C13H21N3/c1-3-5-10-16(4-2)12-8-6-11(7-9-12)13(14)15/h6-9H,3-5,10H2,1-2H3,(H3,14,15). The van der Waals surface area contributed by atoms with Crippen LogP contribution in [0, 0.1) is 5.41 Å². The molecular weight excluding hydrogens is 198 g/mol. The molecule has 16 heavy (non-hydrogen) atoms. The Kier molecular flexibility index (Phi) is 4.83. The van der Waals surface area contributed by atoms with Gasteiger partial charge in [-0.2, -0.15) is 0 Å². The fraction of sp³-hybridized carbons (Fsp3) is 0.462. The summed E-state index contributed by atoms with van der Waals surface area (Å²) in [5.41, 5.74) is 7.42. The fourth-order valence-corrected chi connectivity index (χ4v) is 1.67. The highest BCUT2D eigenvalue weighted by molar-refractivity contribution is 5.95. The molecule has 0 aromatic heterocycles. The number of anilines is 1. The fourth-order valence-electron chi connectivity index (χ4n) is 1.67. The van der Waals surface area contributed by atoms with E-state index in [1.807, 2.05) is 24.3 Å². The van der Waals surface area contributed by atoms with Crippen LogP contribution in [0.15, 0.2) is 24.3 Å². The number of benzene rings is 1. The molecule has 0 aliphatic rings. The van der Waals surface area contributed by atoms with Gasteiger partial charge in [0.1, 0.15) is 5.84 Å². The van der Waals surface area contributed by atoms with Crippen LogP contribution < -0.4 is 10.6 Å². The molecule has 1 aromatic carbocycles. The molecule has 0 atom stereocenters. The van der Waals surface area contributed by atoms with Crippen LogP contribution in [0.3, 0.4) is 0 Å². The van der Waals surface area contributed by atoms with Crippen molar-refractivity contribution < 1.29 is 0 Å². The number of nitrogen functional groups attached to an aromatic ring is 1. The molecule has 1 rings (SSSR count). The van der Waals surface area contributed by atoms with Gasteiger partial charge in [0.2, 0.25) is 0 Å². The summed E-state index contributed by atoms with van der Waals surface area (Å²) in [6.45, 7) is 6.47. The zero-order valence-electron chi connectivity index (χ0n) is 10.2. The van der Waals surface area contributed by atoms with Crippen molar-refractivity contribution in [2.24, 2.45) is 5.73 Å². The summed E-state index contributed by atoms with van der Waals surface area (Å²) in [7, 11) is 0. The molecular formula is C13H21N3. The number of hydrogen-bond donors (Lipinski definition) is 2. The van der Waals surface area contributed by atoms with Crippen molar-refractivity contribution in [2.45, 2.75) is 26.7 Å². The molecule has 0 amide bonds. The maximum Gasteiger partial charge on any atom is 0.122 e. The number of nitrogens with zero attached hydrogens (tertiary/aromatic N) is 1. The summed E-state index contributed by atoms with van der Waals surface area (Å²) in [4.78, 5) is 2.34. The lowest BCUT2D eigenvalue weighted by Gasteiger charge is -2.23. The summed E-state index contributed by atoms with van der Waals surface area (Å²) in [5.74, 6) is 0.128. The molecule has 0 heterocycles. The van der Waals surface area contributed by atoms with E-state index in [1.165, 1.54) is 18.5 Å². The van der Waals surface area contributed by atoms with E-state index in [1.54, 1.807) is 0 Å². The second kappa shape index (κ2) is 6.16. The lowest BCUT2D eigenvalue weighted by Crippen LogP contribution is -2.23. The molecule has 0 aliphatic carbocycles. The molecule has 0 saturated heterocycles. The highest BCUT2D eigenvalue weighted by Crippen LogP contribution is 2.15. The van der Waals surface area contributed by atoms with Crippen LogP contribution in [-0.2, 0) is 0 Å². The van der Waals surface area contributed by atoms with Crippen molar-refractivity contribution >= 4 is 11.5 Å². The van der Waals surface area contributed by atoms with Crippen LogP contribution in [0.5, 0.6) is 0 Å². The molecule has 0 radical (unpaired) electrons. The lowest BCUT2D eigenvalue weighted by molar-refractivity contribution is 0.732. The van der Waals surface area contributed by atoms with E-state index in [0.29, 0.717) is 0 Å². The smallest absolute Gasteiger partial charge is 0.122 e. The largest absolute Gasteiger partial charge is 0.384 e. The average molecular weight is 219 g/mol. The summed E-state index contributed by atoms with van der Waals surface area (Å²) < 4.78 is 0. The second-order valence-electron chi connectivity index (χ2n) is 3.89. The predicted molar refractivity (Wildman–Crippen MR) is 70.3 cm³/mol. The Morgan fingerprint density at radius 3 is 2.31 bits per heavy atom. The van der Waals surface area contributed by atoms with Crippen LogP contribution in [0.2, 0.25) is 0 Å². The second-order valence-corrected chi connectivity index (χ2v) is 3.89. The van der Waals surface area contributed by atoms with Crippen molar-refractivity contribution in [1.82, 2.24) is 0 Å². The van der Waals surface area contributed by atoms with E-state index in [9.17, 15) is 0 Å². The molecule has 3 nitrogen and oxygen atoms in total. The van der Waals surface area contributed by atoms with E-state index in [4.69, 9.17) is 11.1 Å². The maximum absolute atomic E-state index is 7.33. The Labute approximate surface area is 97.8 Å². The molecule has 0 aliphatic heterocycles. The van der Waals surface area contributed by atoms with E-state index >= 15 is 0 Å². The van der Waals surface area contributed by atoms with Gasteiger partial charge in [-0.25, -0.2) is 0 Å². The number of unbranched alkanes of at least 4 members (excludes halogenated alkanes) is 1. The van der Waals surface area contributed by atoms with Gasteiger partial charge in [0, 0.05) is 24.3 Å². The molecule has 0 saturated carbocycles. The number of rotatable bonds is 6. The van der Waals surface area contributed by atoms with E-state index in [0.717, 1.165) is 18.7 Å². The van der Waals surface area contributed by atoms with Crippen molar-refractivity contribution in [3.05, 3.63) is 29.8 Å². The minimum Gasteiger partial charge on any atom is -0.384 e. The number of amidine groups is 1. The summed E-state index contributed by atoms with van der Waals surface area (Å²) in [6, 6.07) is 7.89. The first kappa shape index (κ1) is 12.6. The van der Waals surface area contributed by atoms with Gasteiger partial charge in [-0.1, -0.05) is 13.3 Å². The van der Waals surface area contributed by atoms with Gasteiger partial charge >= 0.3 is 0 Å². The van der Waals surface area contributed by atoms with Crippen molar-refractivity contribution in [3.8, 4) is 0 Å². The van der Waals surface area contributed by atoms with Crippen molar-refractivity contribution in [1.29, 1.82) is 5.41 Å². The Balaban J connectivity index is 2.74. The van der Waals surface area contributed by atoms with Gasteiger partial charge in [0.25, 0.3) is 0 Å². The molecule has 3 heteroatoms.